The number of ether oxygens (including phenoxy) is 2. The smallest absolute Gasteiger partial charge is 0.335 e. The Kier molecular flexibility index (Phi) is 7.02. The first-order chi connectivity index (χ1) is 18.3. The van der Waals surface area contributed by atoms with Gasteiger partial charge < -0.3 is 19.5 Å². The van der Waals surface area contributed by atoms with Gasteiger partial charge in [0.2, 0.25) is 0 Å². The quantitative estimate of drug-likeness (QED) is 0.334. The van der Waals surface area contributed by atoms with Gasteiger partial charge in [0, 0.05) is 35.3 Å². The van der Waals surface area contributed by atoms with Crippen LogP contribution in [0.3, 0.4) is 0 Å². The molecule has 5 rings (SSSR count). The van der Waals surface area contributed by atoms with Gasteiger partial charge >= 0.3 is 5.97 Å². The number of nitrogens with zero attached hydrogens (tertiary/aromatic N) is 3. The number of halogens is 2. The lowest BCUT2D eigenvalue weighted by Gasteiger charge is -2.24. The lowest BCUT2D eigenvalue weighted by atomic mass is 10.0. The number of hydrogen-bond donors (Lipinski definition) is 1. The zero-order chi connectivity index (χ0) is 26.8. The molecule has 0 spiro atoms. The highest BCUT2D eigenvalue weighted by molar-refractivity contribution is 6.31. The van der Waals surface area contributed by atoms with Gasteiger partial charge in [-0.1, -0.05) is 29.8 Å². The Labute approximate surface area is 222 Å². The van der Waals surface area contributed by atoms with Crippen LogP contribution in [0.5, 0.6) is 11.5 Å². The first kappa shape index (κ1) is 25.3. The minimum Gasteiger partial charge on any atom is -0.492 e. The third-order valence-electron chi connectivity index (χ3n) is 6.25. The molecular formula is C28H23ClFN3O5. The molecule has 38 heavy (non-hydrogen) atoms. The van der Waals surface area contributed by atoms with Gasteiger partial charge in [-0.05, 0) is 48.5 Å². The molecule has 3 aromatic carbocycles. The zero-order valence-electron chi connectivity index (χ0n) is 20.4. The van der Waals surface area contributed by atoms with Gasteiger partial charge in [-0.25, -0.2) is 9.18 Å². The highest BCUT2D eigenvalue weighted by atomic mass is 35.5. The standard InChI is InChI=1S/C28H23ClFN3O5/c1-32-26-21-14-19(29)8-11-24(21)38-16-22(26)25(31-32)27(34)33(15-18-4-2-3-5-23(18)30)12-13-37-20-9-6-17(7-10-20)28(35)36/h2-11,14H,12-13,15-16H2,1H3,(H,35,36). The molecule has 1 aliphatic heterocycles. The van der Waals surface area contributed by atoms with E-state index < -0.39 is 17.7 Å². The Morgan fingerprint density at radius 3 is 2.66 bits per heavy atom. The molecule has 0 saturated carbocycles. The van der Waals surface area contributed by atoms with Crippen LogP contribution in [0.2, 0.25) is 5.02 Å². The molecule has 1 aromatic heterocycles. The van der Waals surface area contributed by atoms with Gasteiger partial charge in [0.1, 0.15) is 30.5 Å². The summed E-state index contributed by atoms with van der Waals surface area (Å²) in [5.41, 5.74) is 2.79. The summed E-state index contributed by atoms with van der Waals surface area (Å²) in [6.07, 6.45) is 0. The van der Waals surface area contributed by atoms with Crippen LogP contribution in [0.4, 0.5) is 4.39 Å². The van der Waals surface area contributed by atoms with E-state index in [-0.39, 0.29) is 37.6 Å². The second-order valence-corrected chi connectivity index (χ2v) is 9.16. The summed E-state index contributed by atoms with van der Waals surface area (Å²) >= 11 is 6.21. The van der Waals surface area contributed by atoms with Gasteiger partial charge in [-0.3, -0.25) is 9.48 Å². The number of hydrogen-bond acceptors (Lipinski definition) is 5. The van der Waals surface area contributed by atoms with E-state index in [0.29, 0.717) is 27.6 Å². The molecule has 1 amide bonds. The van der Waals surface area contributed by atoms with E-state index in [1.165, 1.54) is 23.1 Å². The van der Waals surface area contributed by atoms with Crippen molar-refractivity contribution in [2.45, 2.75) is 13.2 Å². The van der Waals surface area contributed by atoms with Crippen LogP contribution >= 0.6 is 11.6 Å². The van der Waals surface area contributed by atoms with Crippen molar-refractivity contribution in [3.8, 4) is 22.8 Å². The Morgan fingerprint density at radius 2 is 1.92 bits per heavy atom. The molecular weight excluding hydrogens is 513 g/mol. The second-order valence-electron chi connectivity index (χ2n) is 8.72. The SMILES string of the molecule is Cn1nc(C(=O)N(CCOc2ccc(C(=O)O)cc2)Cc2ccccc2F)c2c1-c1cc(Cl)ccc1OC2. The van der Waals surface area contributed by atoms with Crippen LogP contribution in [-0.4, -0.2) is 44.8 Å². The second kappa shape index (κ2) is 10.5. The highest BCUT2D eigenvalue weighted by Gasteiger charge is 2.31. The molecule has 0 aliphatic carbocycles. The number of aryl methyl sites for hydroxylation is 1. The van der Waals surface area contributed by atoms with Gasteiger partial charge in [0.25, 0.3) is 5.91 Å². The fourth-order valence-electron chi connectivity index (χ4n) is 4.38. The third kappa shape index (κ3) is 5.05. The van der Waals surface area contributed by atoms with Gasteiger partial charge in [0.05, 0.1) is 17.8 Å². The van der Waals surface area contributed by atoms with Crippen molar-refractivity contribution in [1.29, 1.82) is 0 Å². The Morgan fingerprint density at radius 1 is 1.16 bits per heavy atom. The molecule has 0 radical (unpaired) electrons. The van der Waals surface area contributed by atoms with E-state index in [0.717, 1.165) is 11.3 Å². The fourth-order valence-corrected chi connectivity index (χ4v) is 4.55. The average Bonchev–Trinajstić information content (AvgIpc) is 3.25. The summed E-state index contributed by atoms with van der Waals surface area (Å²) < 4.78 is 27.8. The summed E-state index contributed by atoms with van der Waals surface area (Å²) in [5.74, 6) is -0.764. The van der Waals surface area contributed by atoms with E-state index in [1.807, 2.05) is 0 Å². The Hall–Kier alpha value is -4.37. The number of carboxylic acids is 1. The van der Waals surface area contributed by atoms with E-state index in [1.54, 1.807) is 60.3 Å². The number of rotatable bonds is 8. The number of benzene rings is 3. The van der Waals surface area contributed by atoms with E-state index in [9.17, 15) is 14.0 Å². The number of aromatic carboxylic acids is 1. The summed E-state index contributed by atoms with van der Waals surface area (Å²) in [6.45, 7) is 0.374. The molecule has 10 heteroatoms. The van der Waals surface area contributed by atoms with Crippen LogP contribution in [0.15, 0.2) is 66.7 Å². The number of aromatic nitrogens is 2. The van der Waals surface area contributed by atoms with E-state index in [4.69, 9.17) is 26.2 Å². The van der Waals surface area contributed by atoms with Crippen LogP contribution < -0.4 is 9.47 Å². The molecule has 0 unspecified atom stereocenters. The third-order valence-corrected chi connectivity index (χ3v) is 6.49. The molecule has 194 valence electrons. The number of amides is 1. The molecule has 0 atom stereocenters. The van der Waals surface area contributed by atoms with Crippen molar-refractivity contribution < 1.29 is 28.6 Å². The van der Waals surface area contributed by atoms with Gasteiger partial charge in [0.15, 0.2) is 5.69 Å². The summed E-state index contributed by atoms with van der Waals surface area (Å²) in [7, 11) is 1.75. The summed E-state index contributed by atoms with van der Waals surface area (Å²) in [6, 6.07) is 17.5. The van der Waals surface area contributed by atoms with E-state index in [2.05, 4.69) is 5.10 Å². The first-order valence-electron chi connectivity index (χ1n) is 11.8. The molecule has 2 heterocycles. The zero-order valence-corrected chi connectivity index (χ0v) is 21.1. The van der Waals surface area contributed by atoms with Crippen molar-refractivity contribution in [1.82, 2.24) is 14.7 Å². The lowest BCUT2D eigenvalue weighted by molar-refractivity contribution is 0.0690. The number of carboxylic acid groups (broad SMARTS) is 1. The largest absolute Gasteiger partial charge is 0.492 e. The Bertz CT molecular complexity index is 1520. The van der Waals surface area contributed by atoms with Crippen molar-refractivity contribution in [3.05, 3.63) is 100.0 Å². The topological polar surface area (TPSA) is 93.9 Å². The van der Waals surface area contributed by atoms with Crippen molar-refractivity contribution in [3.63, 3.8) is 0 Å². The van der Waals surface area contributed by atoms with Crippen molar-refractivity contribution >= 4 is 23.5 Å². The minimum absolute atomic E-state index is 0.00143. The van der Waals surface area contributed by atoms with Crippen LogP contribution in [0, 0.1) is 5.82 Å². The first-order valence-corrected chi connectivity index (χ1v) is 12.2. The maximum absolute atomic E-state index is 14.5. The molecule has 0 bridgehead atoms. The maximum atomic E-state index is 14.5. The van der Waals surface area contributed by atoms with Crippen molar-refractivity contribution in [2.24, 2.45) is 7.05 Å². The summed E-state index contributed by atoms with van der Waals surface area (Å²) in [5, 5.41) is 14.1. The number of carbonyl (C=O) groups excluding carboxylic acids is 1. The molecule has 8 nitrogen and oxygen atoms in total. The molecule has 1 aliphatic rings. The number of fused-ring (bicyclic) bond motifs is 3. The predicted octanol–water partition coefficient (Wildman–Crippen LogP) is 5.19. The van der Waals surface area contributed by atoms with Gasteiger partial charge in [-0.15, -0.1) is 0 Å². The molecule has 0 fully saturated rings. The van der Waals surface area contributed by atoms with Crippen LogP contribution in [-0.2, 0) is 20.2 Å². The minimum atomic E-state index is -1.04. The van der Waals surface area contributed by atoms with Crippen LogP contribution in [0.25, 0.3) is 11.3 Å². The molecule has 0 saturated heterocycles. The predicted molar refractivity (Wildman–Crippen MR) is 138 cm³/mol. The van der Waals surface area contributed by atoms with Gasteiger partial charge in [-0.2, -0.15) is 5.10 Å². The molecule has 4 aromatic rings. The highest BCUT2D eigenvalue weighted by Crippen LogP contribution is 2.40. The maximum Gasteiger partial charge on any atom is 0.335 e. The van der Waals surface area contributed by atoms with E-state index >= 15 is 0 Å². The number of carbonyl (C=O) groups is 2. The molecule has 1 N–H and O–H groups in total. The normalized spacial score (nSPS) is 11.8. The van der Waals surface area contributed by atoms with Crippen LogP contribution in [0.1, 0.15) is 32.0 Å². The van der Waals surface area contributed by atoms with Crippen molar-refractivity contribution in [2.75, 3.05) is 13.2 Å². The fraction of sp³-hybridized carbons (Fsp3) is 0.179. The average molecular weight is 536 g/mol. The lowest BCUT2D eigenvalue weighted by Crippen LogP contribution is -2.35. The Balaban J connectivity index is 1.41. The summed E-state index contributed by atoms with van der Waals surface area (Å²) in [4.78, 5) is 26.4. The monoisotopic (exact) mass is 535 g/mol.